The molecule has 1 aliphatic heterocycles. The van der Waals surface area contributed by atoms with Crippen molar-refractivity contribution in [3.8, 4) is 0 Å². The van der Waals surface area contributed by atoms with Gasteiger partial charge in [0.15, 0.2) is 5.96 Å². The highest BCUT2D eigenvalue weighted by atomic mass is 35.5. The Labute approximate surface area is 123 Å². The summed E-state index contributed by atoms with van der Waals surface area (Å²) in [6, 6.07) is 4.67. The highest BCUT2D eigenvalue weighted by molar-refractivity contribution is 6.30. The molecule has 2 N–H and O–H groups in total. The summed E-state index contributed by atoms with van der Waals surface area (Å²) < 4.78 is 18.6. The Morgan fingerprint density at radius 2 is 2.35 bits per heavy atom. The minimum Gasteiger partial charge on any atom is -0.376 e. The molecular weight excluding hydrogens is 281 g/mol. The van der Waals surface area contributed by atoms with Crippen molar-refractivity contribution in [2.24, 2.45) is 4.99 Å². The van der Waals surface area contributed by atoms with E-state index < -0.39 is 5.82 Å². The van der Waals surface area contributed by atoms with Gasteiger partial charge in [0.25, 0.3) is 0 Å². The van der Waals surface area contributed by atoms with E-state index in [0.29, 0.717) is 12.5 Å². The van der Waals surface area contributed by atoms with Crippen LogP contribution in [0, 0.1) is 5.82 Å². The molecule has 110 valence electrons. The van der Waals surface area contributed by atoms with Gasteiger partial charge in [-0.2, -0.15) is 0 Å². The van der Waals surface area contributed by atoms with Crippen molar-refractivity contribution in [1.82, 2.24) is 10.6 Å². The smallest absolute Gasteiger partial charge is 0.191 e. The first-order chi connectivity index (χ1) is 9.69. The van der Waals surface area contributed by atoms with Crippen molar-refractivity contribution in [3.63, 3.8) is 0 Å². The van der Waals surface area contributed by atoms with Crippen LogP contribution < -0.4 is 10.6 Å². The second kappa shape index (κ2) is 7.45. The number of guanidine groups is 1. The van der Waals surface area contributed by atoms with E-state index in [0.717, 1.165) is 31.6 Å². The Kier molecular flexibility index (Phi) is 5.61. The third kappa shape index (κ3) is 4.35. The van der Waals surface area contributed by atoms with Gasteiger partial charge in [-0.3, -0.25) is 4.99 Å². The SMILES string of the molecule is CN=C(NCc1ccc(F)c(Cl)c1)NCC1CCCO1. The van der Waals surface area contributed by atoms with Gasteiger partial charge >= 0.3 is 0 Å². The summed E-state index contributed by atoms with van der Waals surface area (Å²) in [7, 11) is 1.71. The Hall–Kier alpha value is -1.33. The number of halogens is 2. The van der Waals surface area contributed by atoms with Gasteiger partial charge in [0, 0.05) is 26.7 Å². The fourth-order valence-corrected chi connectivity index (χ4v) is 2.27. The van der Waals surface area contributed by atoms with Crippen LogP contribution in [0.1, 0.15) is 18.4 Å². The van der Waals surface area contributed by atoms with E-state index in [-0.39, 0.29) is 11.1 Å². The molecule has 0 amide bonds. The van der Waals surface area contributed by atoms with E-state index in [4.69, 9.17) is 16.3 Å². The Balaban J connectivity index is 1.79. The fraction of sp³-hybridized carbons (Fsp3) is 0.500. The molecule has 1 aromatic carbocycles. The molecule has 2 rings (SSSR count). The maximum Gasteiger partial charge on any atom is 0.191 e. The van der Waals surface area contributed by atoms with Crippen LogP contribution in [-0.4, -0.2) is 32.3 Å². The van der Waals surface area contributed by atoms with Crippen LogP contribution in [0.4, 0.5) is 4.39 Å². The summed E-state index contributed by atoms with van der Waals surface area (Å²) in [5, 5.41) is 6.50. The summed E-state index contributed by atoms with van der Waals surface area (Å²) in [5.41, 5.74) is 0.900. The second-order valence-corrected chi connectivity index (χ2v) is 5.10. The van der Waals surface area contributed by atoms with Crippen molar-refractivity contribution in [2.75, 3.05) is 20.2 Å². The molecule has 20 heavy (non-hydrogen) atoms. The average Bonchev–Trinajstić information content (AvgIpc) is 2.96. The number of aliphatic imine (C=N–C) groups is 1. The quantitative estimate of drug-likeness (QED) is 0.662. The van der Waals surface area contributed by atoms with Gasteiger partial charge in [0.1, 0.15) is 5.82 Å². The van der Waals surface area contributed by atoms with E-state index in [9.17, 15) is 4.39 Å². The van der Waals surface area contributed by atoms with Crippen LogP contribution in [0.2, 0.25) is 5.02 Å². The highest BCUT2D eigenvalue weighted by Crippen LogP contribution is 2.15. The zero-order valence-corrected chi connectivity index (χ0v) is 12.2. The lowest BCUT2D eigenvalue weighted by molar-refractivity contribution is 0.114. The number of hydrogen-bond acceptors (Lipinski definition) is 2. The first kappa shape index (κ1) is 15.1. The van der Waals surface area contributed by atoms with Crippen LogP contribution in [0.15, 0.2) is 23.2 Å². The summed E-state index contributed by atoms with van der Waals surface area (Å²) in [5.74, 6) is 0.289. The molecule has 1 aromatic rings. The molecule has 1 heterocycles. The van der Waals surface area contributed by atoms with Crippen LogP contribution in [0.25, 0.3) is 0 Å². The lowest BCUT2D eigenvalue weighted by Crippen LogP contribution is -2.40. The van der Waals surface area contributed by atoms with Crippen molar-refractivity contribution in [3.05, 3.63) is 34.6 Å². The molecule has 1 fully saturated rings. The molecule has 1 unspecified atom stereocenters. The molecule has 0 saturated carbocycles. The normalized spacial score (nSPS) is 19.1. The summed E-state index contributed by atoms with van der Waals surface area (Å²) in [6.07, 6.45) is 2.46. The summed E-state index contributed by atoms with van der Waals surface area (Å²) >= 11 is 5.75. The van der Waals surface area contributed by atoms with Gasteiger partial charge in [-0.15, -0.1) is 0 Å². The standard InChI is InChI=1S/C14H19ClFN3O/c1-17-14(19-9-11-3-2-6-20-11)18-8-10-4-5-13(16)12(15)7-10/h4-5,7,11H,2-3,6,8-9H2,1H3,(H2,17,18,19). The van der Waals surface area contributed by atoms with Crippen molar-refractivity contribution < 1.29 is 9.13 Å². The maximum absolute atomic E-state index is 13.1. The minimum atomic E-state index is -0.406. The number of nitrogens with zero attached hydrogens (tertiary/aromatic N) is 1. The predicted molar refractivity (Wildman–Crippen MR) is 78.6 cm³/mol. The Bertz CT molecular complexity index is 475. The molecule has 0 bridgehead atoms. The van der Waals surface area contributed by atoms with Crippen molar-refractivity contribution in [1.29, 1.82) is 0 Å². The van der Waals surface area contributed by atoms with Crippen LogP contribution in [0.3, 0.4) is 0 Å². The van der Waals surface area contributed by atoms with E-state index in [1.54, 1.807) is 19.2 Å². The first-order valence-electron chi connectivity index (χ1n) is 6.69. The monoisotopic (exact) mass is 299 g/mol. The van der Waals surface area contributed by atoms with Gasteiger partial charge in [-0.25, -0.2) is 4.39 Å². The number of nitrogens with one attached hydrogen (secondary N) is 2. The zero-order chi connectivity index (χ0) is 14.4. The lowest BCUT2D eigenvalue weighted by Gasteiger charge is -2.15. The van der Waals surface area contributed by atoms with Crippen LogP contribution in [-0.2, 0) is 11.3 Å². The van der Waals surface area contributed by atoms with Gasteiger partial charge < -0.3 is 15.4 Å². The Morgan fingerprint density at radius 1 is 1.50 bits per heavy atom. The van der Waals surface area contributed by atoms with E-state index >= 15 is 0 Å². The van der Waals surface area contributed by atoms with Gasteiger partial charge in [-0.05, 0) is 30.5 Å². The topological polar surface area (TPSA) is 45.7 Å². The van der Waals surface area contributed by atoms with E-state index in [1.165, 1.54) is 6.07 Å². The molecule has 0 radical (unpaired) electrons. The molecule has 4 nitrogen and oxygen atoms in total. The molecular formula is C14H19ClFN3O. The van der Waals surface area contributed by atoms with E-state index in [1.807, 2.05) is 0 Å². The summed E-state index contributed by atoms with van der Waals surface area (Å²) in [6.45, 7) is 2.11. The molecule has 0 spiro atoms. The Morgan fingerprint density at radius 3 is 3.00 bits per heavy atom. The lowest BCUT2D eigenvalue weighted by atomic mass is 10.2. The third-order valence-electron chi connectivity index (χ3n) is 3.19. The van der Waals surface area contributed by atoms with Gasteiger partial charge in [0.05, 0.1) is 11.1 Å². The number of rotatable bonds is 4. The van der Waals surface area contributed by atoms with Crippen molar-refractivity contribution >= 4 is 17.6 Å². The minimum absolute atomic E-state index is 0.131. The molecule has 6 heteroatoms. The number of ether oxygens (including phenoxy) is 1. The van der Waals surface area contributed by atoms with Gasteiger partial charge in [-0.1, -0.05) is 17.7 Å². The molecule has 1 atom stereocenters. The van der Waals surface area contributed by atoms with E-state index in [2.05, 4.69) is 15.6 Å². The number of hydrogen-bond donors (Lipinski definition) is 2. The fourth-order valence-electron chi connectivity index (χ4n) is 2.07. The van der Waals surface area contributed by atoms with Crippen LogP contribution in [0.5, 0.6) is 0 Å². The third-order valence-corrected chi connectivity index (χ3v) is 3.48. The zero-order valence-electron chi connectivity index (χ0n) is 11.5. The molecule has 1 aliphatic rings. The molecule has 1 saturated heterocycles. The maximum atomic E-state index is 13.1. The molecule has 0 aliphatic carbocycles. The predicted octanol–water partition coefficient (Wildman–Crippen LogP) is 2.32. The van der Waals surface area contributed by atoms with Crippen LogP contribution >= 0.6 is 11.6 Å². The van der Waals surface area contributed by atoms with Gasteiger partial charge in [0.2, 0.25) is 0 Å². The summed E-state index contributed by atoms with van der Waals surface area (Å²) in [4.78, 5) is 4.14. The first-order valence-corrected chi connectivity index (χ1v) is 7.07. The average molecular weight is 300 g/mol. The largest absolute Gasteiger partial charge is 0.376 e. The van der Waals surface area contributed by atoms with Crippen molar-refractivity contribution in [2.45, 2.75) is 25.5 Å². The molecule has 0 aromatic heterocycles. The highest BCUT2D eigenvalue weighted by Gasteiger charge is 2.15. The second-order valence-electron chi connectivity index (χ2n) is 4.69. The number of benzene rings is 1.